The lowest BCUT2D eigenvalue weighted by Gasteiger charge is -2.04. The number of hydrogen-bond acceptors (Lipinski definition) is 5. The Balaban J connectivity index is 1.47. The highest BCUT2D eigenvalue weighted by molar-refractivity contribution is 8.14. The van der Waals surface area contributed by atoms with E-state index in [9.17, 15) is 9.59 Å². The van der Waals surface area contributed by atoms with E-state index in [0.29, 0.717) is 17.2 Å². The molecular formula is C21H15N5O2S. The molecule has 0 aliphatic rings. The molecule has 2 aromatic carbocycles. The van der Waals surface area contributed by atoms with E-state index in [-0.39, 0.29) is 16.2 Å². The van der Waals surface area contributed by atoms with Gasteiger partial charge in [-0.2, -0.15) is 0 Å². The van der Waals surface area contributed by atoms with Crippen molar-refractivity contribution in [2.24, 2.45) is 0 Å². The normalized spacial score (nSPS) is 11.3. The summed E-state index contributed by atoms with van der Waals surface area (Å²) in [5, 5.41) is 9.92. The summed E-state index contributed by atoms with van der Waals surface area (Å²) in [6.45, 7) is 1.69. The summed E-state index contributed by atoms with van der Waals surface area (Å²) in [5.74, 6) is 0.108. The van der Waals surface area contributed by atoms with Crippen LogP contribution >= 0.6 is 11.8 Å². The third kappa shape index (κ3) is 3.03. The first-order chi connectivity index (χ1) is 14.1. The van der Waals surface area contributed by atoms with E-state index in [4.69, 9.17) is 0 Å². The van der Waals surface area contributed by atoms with Crippen molar-refractivity contribution in [2.45, 2.75) is 12.1 Å². The molecule has 8 heteroatoms. The number of carbonyl (C=O) groups is 2. The summed E-state index contributed by atoms with van der Waals surface area (Å²) < 4.78 is 1.36. The molecule has 0 aliphatic heterocycles. The molecule has 29 heavy (non-hydrogen) atoms. The van der Waals surface area contributed by atoms with Gasteiger partial charge in [0, 0.05) is 21.8 Å². The van der Waals surface area contributed by atoms with Gasteiger partial charge in [-0.25, -0.2) is 4.57 Å². The van der Waals surface area contributed by atoms with E-state index in [2.05, 4.69) is 20.2 Å². The number of H-pyrrole nitrogens is 2. The van der Waals surface area contributed by atoms with Crippen molar-refractivity contribution in [3.05, 3.63) is 77.9 Å². The van der Waals surface area contributed by atoms with Crippen molar-refractivity contribution >= 4 is 44.6 Å². The first kappa shape index (κ1) is 17.4. The molecule has 0 unspecified atom stereocenters. The number of aromatic nitrogens is 5. The second kappa shape index (κ2) is 6.75. The number of aryl methyl sites for hydroxylation is 1. The minimum absolute atomic E-state index is 0.231. The van der Waals surface area contributed by atoms with Crippen LogP contribution in [0, 0.1) is 6.92 Å². The number of aromatic amines is 2. The lowest BCUT2D eigenvalue weighted by molar-refractivity contribution is 0.0943. The highest BCUT2D eigenvalue weighted by atomic mass is 32.2. The summed E-state index contributed by atoms with van der Waals surface area (Å²) in [6.07, 6.45) is 0. The van der Waals surface area contributed by atoms with Crippen molar-refractivity contribution in [3.8, 4) is 0 Å². The minimum atomic E-state index is -0.310. The molecule has 7 nitrogen and oxygen atoms in total. The Morgan fingerprint density at radius 3 is 2.10 bits per heavy atom. The van der Waals surface area contributed by atoms with Gasteiger partial charge in [-0.1, -0.05) is 36.4 Å². The summed E-state index contributed by atoms with van der Waals surface area (Å²) in [6, 6.07) is 18.9. The van der Waals surface area contributed by atoms with Crippen LogP contribution in [0.15, 0.2) is 65.8 Å². The molecule has 0 spiro atoms. The zero-order valence-electron chi connectivity index (χ0n) is 15.3. The number of rotatable bonds is 3. The largest absolute Gasteiger partial charge is 0.351 e. The van der Waals surface area contributed by atoms with Gasteiger partial charge in [-0.05, 0) is 43.0 Å². The molecule has 0 saturated heterocycles. The van der Waals surface area contributed by atoms with Crippen LogP contribution in [0.25, 0.3) is 21.8 Å². The molecule has 5 rings (SSSR count). The minimum Gasteiger partial charge on any atom is -0.351 e. The van der Waals surface area contributed by atoms with Crippen LogP contribution in [0.1, 0.15) is 26.8 Å². The number of nitrogens with one attached hydrogen (secondary N) is 2. The first-order valence-corrected chi connectivity index (χ1v) is 9.76. The number of benzene rings is 2. The number of fused-ring (bicyclic) bond motifs is 2. The maximum absolute atomic E-state index is 13.1. The van der Waals surface area contributed by atoms with Gasteiger partial charge in [0.25, 0.3) is 5.91 Å². The molecule has 0 radical (unpaired) electrons. The van der Waals surface area contributed by atoms with Gasteiger partial charge < -0.3 is 9.97 Å². The highest BCUT2D eigenvalue weighted by Gasteiger charge is 2.23. The Hall–Kier alpha value is -3.65. The lowest BCUT2D eigenvalue weighted by atomic mass is 10.2. The zero-order chi connectivity index (χ0) is 20.0. The molecule has 3 heterocycles. The predicted octanol–water partition coefficient (Wildman–Crippen LogP) is 4.17. The standard InChI is InChI=1S/C21H15N5O2S/c1-12-24-25-21(29-20(28)18-11-14-7-3-5-9-16(14)23-18)26(12)19(27)17-10-13-6-2-4-8-15(13)22-17/h2-11,22-23H,1H3. The van der Waals surface area contributed by atoms with Gasteiger partial charge in [-0.15, -0.1) is 10.2 Å². The quantitative estimate of drug-likeness (QED) is 0.442. The number of nitrogens with zero attached hydrogens (tertiary/aromatic N) is 3. The fourth-order valence-electron chi connectivity index (χ4n) is 3.27. The Kier molecular flexibility index (Phi) is 4.06. The van der Waals surface area contributed by atoms with E-state index in [1.54, 1.807) is 19.1 Å². The van der Waals surface area contributed by atoms with Gasteiger partial charge in [0.15, 0.2) is 0 Å². The lowest BCUT2D eigenvalue weighted by Crippen LogP contribution is -2.16. The zero-order valence-corrected chi connectivity index (χ0v) is 16.2. The smallest absolute Gasteiger partial charge is 0.281 e. The molecule has 2 N–H and O–H groups in total. The average Bonchev–Trinajstić information content (AvgIpc) is 3.43. The van der Waals surface area contributed by atoms with Crippen molar-refractivity contribution < 1.29 is 9.59 Å². The Morgan fingerprint density at radius 2 is 1.45 bits per heavy atom. The maximum atomic E-state index is 13.1. The third-order valence-electron chi connectivity index (χ3n) is 4.69. The Morgan fingerprint density at radius 1 is 0.862 bits per heavy atom. The molecule has 5 aromatic rings. The van der Waals surface area contributed by atoms with E-state index in [1.807, 2.05) is 48.5 Å². The second-order valence-electron chi connectivity index (χ2n) is 6.60. The average molecular weight is 401 g/mol. The molecule has 0 atom stereocenters. The number of thioether (sulfide) groups is 1. The third-order valence-corrected chi connectivity index (χ3v) is 5.54. The van der Waals surface area contributed by atoms with Crippen molar-refractivity contribution in [1.82, 2.24) is 24.7 Å². The van der Waals surface area contributed by atoms with Crippen molar-refractivity contribution in [2.75, 3.05) is 0 Å². The second-order valence-corrected chi connectivity index (χ2v) is 7.54. The van der Waals surface area contributed by atoms with E-state index < -0.39 is 0 Å². The van der Waals surface area contributed by atoms with Crippen LogP contribution in [0.5, 0.6) is 0 Å². The maximum Gasteiger partial charge on any atom is 0.281 e. The van der Waals surface area contributed by atoms with E-state index in [1.165, 1.54) is 4.57 Å². The molecule has 3 aromatic heterocycles. The summed E-state index contributed by atoms with van der Waals surface area (Å²) in [5.41, 5.74) is 2.60. The Labute approximate surface area is 169 Å². The number of carbonyl (C=O) groups excluding carboxylic acids is 2. The fourth-order valence-corrected chi connectivity index (χ4v) is 4.05. The highest BCUT2D eigenvalue weighted by Crippen LogP contribution is 2.25. The number of para-hydroxylation sites is 2. The van der Waals surface area contributed by atoms with E-state index >= 15 is 0 Å². The van der Waals surface area contributed by atoms with Crippen LogP contribution in [0.3, 0.4) is 0 Å². The fraction of sp³-hybridized carbons (Fsp3) is 0.0476. The summed E-state index contributed by atoms with van der Waals surface area (Å²) >= 11 is 0.874. The number of hydrogen-bond donors (Lipinski definition) is 2. The van der Waals surface area contributed by atoms with Gasteiger partial charge >= 0.3 is 0 Å². The molecular weight excluding hydrogens is 386 g/mol. The van der Waals surface area contributed by atoms with Crippen LogP contribution < -0.4 is 0 Å². The molecule has 0 fully saturated rings. The van der Waals surface area contributed by atoms with Crippen LogP contribution in [0.4, 0.5) is 0 Å². The van der Waals surface area contributed by atoms with Crippen LogP contribution in [0.2, 0.25) is 0 Å². The summed E-state index contributed by atoms with van der Waals surface area (Å²) in [4.78, 5) is 32.1. The predicted molar refractivity (Wildman–Crippen MR) is 111 cm³/mol. The SMILES string of the molecule is Cc1nnc(SC(=O)c2cc3ccccc3[nH]2)n1C(=O)c1cc2ccccc2[nH]1. The molecule has 0 amide bonds. The first-order valence-electron chi connectivity index (χ1n) is 8.94. The molecule has 0 saturated carbocycles. The van der Waals surface area contributed by atoms with Gasteiger partial charge in [0.1, 0.15) is 11.5 Å². The van der Waals surface area contributed by atoms with Gasteiger partial charge in [0.2, 0.25) is 10.3 Å². The molecule has 0 bridgehead atoms. The van der Waals surface area contributed by atoms with Crippen LogP contribution in [-0.2, 0) is 0 Å². The monoisotopic (exact) mass is 401 g/mol. The van der Waals surface area contributed by atoms with E-state index in [0.717, 1.165) is 33.6 Å². The van der Waals surface area contributed by atoms with Crippen molar-refractivity contribution in [1.29, 1.82) is 0 Å². The molecule has 0 aliphatic carbocycles. The van der Waals surface area contributed by atoms with Gasteiger partial charge in [-0.3, -0.25) is 9.59 Å². The van der Waals surface area contributed by atoms with Gasteiger partial charge in [0.05, 0.1) is 5.69 Å². The Bertz CT molecular complexity index is 1330. The van der Waals surface area contributed by atoms with Crippen LogP contribution in [-0.4, -0.2) is 35.8 Å². The molecule has 142 valence electrons. The topological polar surface area (TPSA) is 96.4 Å². The van der Waals surface area contributed by atoms with Crippen molar-refractivity contribution in [3.63, 3.8) is 0 Å². The summed E-state index contributed by atoms with van der Waals surface area (Å²) in [7, 11) is 0.